The van der Waals surface area contributed by atoms with Crippen molar-refractivity contribution in [2.24, 2.45) is 0 Å². The van der Waals surface area contributed by atoms with Gasteiger partial charge in [-0.05, 0) is 74.2 Å². The summed E-state index contributed by atoms with van der Waals surface area (Å²) < 4.78 is 12.0. The van der Waals surface area contributed by atoms with Crippen LogP contribution in [0.1, 0.15) is 48.6 Å². The number of aryl methyl sites for hydroxylation is 1. The summed E-state index contributed by atoms with van der Waals surface area (Å²) in [5.74, 6) is 0.320. The summed E-state index contributed by atoms with van der Waals surface area (Å²) in [6, 6.07) is 10.9. The third-order valence-electron chi connectivity index (χ3n) is 5.65. The Bertz CT molecular complexity index is 1320. The molecule has 3 N–H and O–H groups in total. The van der Waals surface area contributed by atoms with Gasteiger partial charge < -0.3 is 25.5 Å². The van der Waals surface area contributed by atoms with E-state index in [1.807, 2.05) is 18.2 Å². The van der Waals surface area contributed by atoms with E-state index in [0.717, 1.165) is 22.3 Å². The summed E-state index contributed by atoms with van der Waals surface area (Å²) in [6.07, 6.45) is 4.45. The second-order valence-corrected chi connectivity index (χ2v) is 9.79. The van der Waals surface area contributed by atoms with Crippen molar-refractivity contribution in [2.45, 2.75) is 59.4 Å². The Morgan fingerprint density at radius 1 is 1.03 bits per heavy atom. The van der Waals surface area contributed by atoms with Gasteiger partial charge in [0.1, 0.15) is 11.4 Å². The molecule has 0 aliphatic heterocycles. The molecule has 0 aliphatic carbocycles. The Kier molecular flexibility index (Phi) is 9.48. The number of methoxy groups -OCH3 is 1. The highest BCUT2D eigenvalue weighted by atomic mass is 16.6. The van der Waals surface area contributed by atoms with Gasteiger partial charge in [-0.2, -0.15) is 0 Å². The highest BCUT2D eigenvalue weighted by molar-refractivity contribution is 5.78. The molecule has 0 saturated heterocycles. The normalized spacial score (nSPS) is 11.0. The van der Waals surface area contributed by atoms with Crippen LogP contribution in [0.25, 0.3) is 0 Å². The van der Waals surface area contributed by atoms with Crippen molar-refractivity contribution < 1.29 is 19.1 Å². The maximum atomic E-state index is 13.0. The van der Waals surface area contributed by atoms with E-state index in [4.69, 9.17) is 9.47 Å². The number of nitrogens with zero attached hydrogens (tertiary/aromatic N) is 2. The molecule has 10 nitrogen and oxygen atoms in total. The van der Waals surface area contributed by atoms with Gasteiger partial charge >= 0.3 is 6.09 Å². The molecule has 0 saturated carbocycles. The van der Waals surface area contributed by atoms with Gasteiger partial charge in [0.05, 0.1) is 20.1 Å². The van der Waals surface area contributed by atoms with E-state index in [0.29, 0.717) is 17.9 Å². The summed E-state index contributed by atoms with van der Waals surface area (Å²) in [5, 5.41) is 5.62. The number of hydrogen-bond acceptors (Lipinski definition) is 7. The molecule has 0 spiro atoms. The summed E-state index contributed by atoms with van der Waals surface area (Å²) >= 11 is 0. The van der Waals surface area contributed by atoms with Crippen LogP contribution in [0.15, 0.2) is 59.8 Å². The van der Waals surface area contributed by atoms with Crippen molar-refractivity contribution in [2.75, 3.05) is 12.5 Å². The minimum Gasteiger partial charge on any atom is -0.497 e. The quantitative estimate of drug-likeness (QED) is 0.374. The number of alkyl carbamates (subject to hydrolysis) is 1. The molecular formula is C28H35N5O5. The van der Waals surface area contributed by atoms with Crippen LogP contribution < -0.4 is 26.4 Å². The zero-order valence-electron chi connectivity index (χ0n) is 22.5. The van der Waals surface area contributed by atoms with Gasteiger partial charge in [-0.3, -0.25) is 14.6 Å². The molecule has 2 aromatic heterocycles. The molecule has 0 bridgehead atoms. The molecule has 0 fully saturated rings. The van der Waals surface area contributed by atoms with Crippen molar-refractivity contribution >= 4 is 12.0 Å². The summed E-state index contributed by atoms with van der Waals surface area (Å²) in [4.78, 5) is 42.1. The molecule has 0 atom stereocenters. The van der Waals surface area contributed by atoms with E-state index in [1.54, 1.807) is 71.6 Å². The third kappa shape index (κ3) is 8.36. The summed E-state index contributed by atoms with van der Waals surface area (Å²) in [7, 11) is 1.56. The van der Waals surface area contributed by atoms with Gasteiger partial charge in [-0.25, -0.2) is 9.47 Å². The topological polar surface area (TPSA) is 124 Å². The van der Waals surface area contributed by atoms with Gasteiger partial charge in [0.25, 0.3) is 5.56 Å². The Morgan fingerprint density at radius 2 is 1.79 bits per heavy atom. The maximum Gasteiger partial charge on any atom is 0.407 e. The largest absolute Gasteiger partial charge is 0.497 e. The minimum absolute atomic E-state index is 0.0739. The van der Waals surface area contributed by atoms with Crippen molar-refractivity contribution in [3.63, 3.8) is 0 Å². The highest BCUT2D eigenvalue weighted by Crippen LogP contribution is 2.18. The molecule has 0 radical (unpaired) electrons. The SMILES string of the molecule is COc1ccc(CNC(=O)OC(C)(C)C)c(CNC(=O)Cc2c(C)ccn(NCc3cccnc3)c2=O)c1. The van der Waals surface area contributed by atoms with Gasteiger partial charge in [-0.1, -0.05) is 12.1 Å². The summed E-state index contributed by atoms with van der Waals surface area (Å²) in [6.45, 7) is 8.01. The van der Waals surface area contributed by atoms with Crippen LogP contribution in [0.4, 0.5) is 4.79 Å². The average Bonchev–Trinajstić information content (AvgIpc) is 2.88. The fourth-order valence-electron chi connectivity index (χ4n) is 3.65. The average molecular weight is 522 g/mol. The first-order valence-electron chi connectivity index (χ1n) is 12.3. The lowest BCUT2D eigenvalue weighted by Gasteiger charge is -2.20. The number of carbonyl (C=O) groups excluding carboxylic acids is 2. The number of benzene rings is 1. The number of rotatable bonds is 10. The Labute approximate surface area is 222 Å². The maximum absolute atomic E-state index is 13.0. The zero-order chi connectivity index (χ0) is 27.7. The first-order valence-corrected chi connectivity index (χ1v) is 12.3. The number of pyridine rings is 2. The second-order valence-electron chi connectivity index (χ2n) is 9.79. The van der Waals surface area contributed by atoms with E-state index in [2.05, 4.69) is 21.0 Å². The highest BCUT2D eigenvalue weighted by Gasteiger charge is 2.17. The lowest BCUT2D eigenvalue weighted by molar-refractivity contribution is -0.120. The van der Waals surface area contributed by atoms with Gasteiger partial charge in [-0.15, -0.1) is 0 Å². The zero-order valence-corrected chi connectivity index (χ0v) is 22.5. The standard InChI is InChI=1S/C28H35N5O5/c1-19-10-12-33(32-16-20-7-6-11-29-15-20)26(35)24(19)14-25(34)30-18-22-13-23(37-5)9-8-21(22)17-31-27(36)38-28(2,3)4/h6-13,15,32H,14,16-18H2,1-5H3,(H,30,34)(H,31,36). The van der Waals surface area contributed by atoms with E-state index in [1.165, 1.54) is 4.68 Å². The van der Waals surface area contributed by atoms with Crippen molar-refractivity contribution in [3.8, 4) is 5.75 Å². The van der Waals surface area contributed by atoms with E-state index in [-0.39, 0.29) is 31.0 Å². The molecule has 2 heterocycles. The predicted octanol–water partition coefficient (Wildman–Crippen LogP) is 3.19. The van der Waals surface area contributed by atoms with Crippen LogP contribution >= 0.6 is 0 Å². The van der Waals surface area contributed by atoms with E-state index in [9.17, 15) is 14.4 Å². The van der Waals surface area contributed by atoms with Crippen molar-refractivity contribution in [1.82, 2.24) is 20.3 Å². The van der Waals surface area contributed by atoms with Crippen LogP contribution in [0.2, 0.25) is 0 Å². The predicted molar refractivity (Wildman–Crippen MR) is 144 cm³/mol. The van der Waals surface area contributed by atoms with Crippen molar-refractivity contribution in [3.05, 3.63) is 93.2 Å². The lowest BCUT2D eigenvalue weighted by Crippen LogP contribution is -2.34. The molecule has 0 unspecified atom stereocenters. The number of hydrogen-bond donors (Lipinski definition) is 3. The molecule has 1 aromatic carbocycles. The number of carbonyl (C=O) groups is 2. The van der Waals surface area contributed by atoms with Gasteiger partial charge in [0.2, 0.25) is 5.91 Å². The fourth-order valence-corrected chi connectivity index (χ4v) is 3.65. The Morgan fingerprint density at radius 3 is 2.47 bits per heavy atom. The van der Waals surface area contributed by atoms with Crippen LogP contribution in [0.5, 0.6) is 5.75 Å². The second kappa shape index (κ2) is 12.8. The first-order chi connectivity index (χ1) is 18.1. The van der Waals surface area contributed by atoms with Crippen LogP contribution in [-0.4, -0.2) is 34.4 Å². The molecule has 3 aromatic rings. The number of amides is 2. The molecule has 3 rings (SSSR count). The minimum atomic E-state index is -0.608. The number of ether oxygens (including phenoxy) is 2. The Balaban J connectivity index is 1.66. The van der Waals surface area contributed by atoms with Crippen LogP contribution in [0, 0.1) is 6.92 Å². The molecule has 38 heavy (non-hydrogen) atoms. The first kappa shape index (κ1) is 28.2. The van der Waals surface area contributed by atoms with Gasteiger partial charge in [0, 0.05) is 37.2 Å². The third-order valence-corrected chi connectivity index (χ3v) is 5.65. The monoisotopic (exact) mass is 521 g/mol. The molecular weight excluding hydrogens is 486 g/mol. The lowest BCUT2D eigenvalue weighted by atomic mass is 10.1. The molecule has 0 aliphatic rings. The van der Waals surface area contributed by atoms with Crippen LogP contribution in [0.3, 0.4) is 0 Å². The molecule has 202 valence electrons. The van der Waals surface area contributed by atoms with Gasteiger partial charge in [0.15, 0.2) is 0 Å². The summed E-state index contributed by atoms with van der Waals surface area (Å²) in [5.41, 5.74) is 5.80. The van der Waals surface area contributed by atoms with E-state index >= 15 is 0 Å². The van der Waals surface area contributed by atoms with Crippen LogP contribution in [-0.2, 0) is 35.6 Å². The number of aromatic nitrogens is 2. The molecule has 2 amide bonds. The fraction of sp³-hybridized carbons (Fsp3) is 0.357. The molecule has 10 heteroatoms. The van der Waals surface area contributed by atoms with E-state index < -0.39 is 11.7 Å². The smallest absolute Gasteiger partial charge is 0.407 e. The number of nitrogens with one attached hydrogen (secondary N) is 3. The Hall–Kier alpha value is -4.34. The van der Waals surface area contributed by atoms with Crippen molar-refractivity contribution in [1.29, 1.82) is 0 Å².